The highest BCUT2D eigenvalue weighted by Gasteiger charge is 2.38. The number of anilines is 1. The normalized spacial score (nSPS) is 17.1. The molecule has 0 saturated carbocycles. The van der Waals surface area contributed by atoms with Gasteiger partial charge in [-0.25, -0.2) is 14.5 Å². The van der Waals surface area contributed by atoms with Gasteiger partial charge in [0.25, 0.3) is 5.91 Å². The number of nitrogens with one attached hydrogen (secondary N) is 1. The smallest absolute Gasteiger partial charge is 0.417 e. The molecule has 1 N–H and O–H groups in total. The Hall–Kier alpha value is -2.77. The minimum absolute atomic E-state index is 0.0877. The first-order valence-corrected chi connectivity index (χ1v) is 8.82. The Bertz CT molecular complexity index is 654. The topological polar surface area (TPSA) is 88.2 Å². The van der Waals surface area contributed by atoms with Crippen molar-refractivity contribution < 1.29 is 23.9 Å². The summed E-state index contributed by atoms with van der Waals surface area (Å²) in [5.74, 6) is 0.548. The van der Waals surface area contributed by atoms with Gasteiger partial charge in [0.2, 0.25) is 0 Å². The third-order valence-electron chi connectivity index (χ3n) is 4.40. The van der Waals surface area contributed by atoms with Gasteiger partial charge in [0.15, 0.2) is 6.61 Å². The first kappa shape index (κ1) is 18.0. The Kier molecular flexibility index (Phi) is 5.60. The highest BCUT2D eigenvalue weighted by Crippen LogP contribution is 2.21. The number of urea groups is 1. The summed E-state index contributed by atoms with van der Waals surface area (Å²) in [6.07, 6.45) is 1.49. The van der Waals surface area contributed by atoms with Crippen molar-refractivity contribution in [3.8, 4) is 5.75 Å². The lowest BCUT2D eigenvalue weighted by Crippen LogP contribution is -2.55. The first-order valence-electron chi connectivity index (χ1n) is 8.82. The van der Waals surface area contributed by atoms with E-state index < -0.39 is 6.09 Å². The molecule has 2 aliphatic rings. The van der Waals surface area contributed by atoms with Crippen LogP contribution in [0.2, 0.25) is 0 Å². The quantitative estimate of drug-likeness (QED) is 0.753. The Morgan fingerprint density at radius 1 is 1.27 bits per heavy atom. The van der Waals surface area contributed by atoms with E-state index >= 15 is 0 Å². The van der Waals surface area contributed by atoms with Crippen LogP contribution >= 0.6 is 0 Å². The van der Waals surface area contributed by atoms with E-state index in [4.69, 9.17) is 4.74 Å². The zero-order valence-corrected chi connectivity index (χ0v) is 14.8. The summed E-state index contributed by atoms with van der Waals surface area (Å²) < 4.78 is 10.3. The molecule has 1 aromatic carbocycles. The lowest BCUT2D eigenvalue weighted by molar-refractivity contribution is -0.126. The molecule has 8 heteroatoms. The third kappa shape index (κ3) is 4.25. The van der Waals surface area contributed by atoms with Gasteiger partial charge < -0.3 is 19.7 Å². The van der Waals surface area contributed by atoms with Crippen molar-refractivity contribution in [3.63, 3.8) is 0 Å². The Labute approximate surface area is 152 Å². The second kappa shape index (κ2) is 8.07. The standard InChI is InChI=1S/C18H23N3O5/c1-2-3-8-25-15-6-4-14(5-7-15)19-17(23)20-9-13(10-20)11-21-16(22)12-26-18(21)24/h4-7,13H,2-3,8-12H2,1H3,(H,19,23). The lowest BCUT2D eigenvalue weighted by Gasteiger charge is -2.40. The number of benzene rings is 1. The average Bonchev–Trinajstić information content (AvgIpc) is 2.90. The molecule has 3 rings (SSSR count). The van der Waals surface area contributed by atoms with Gasteiger partial charge in [-0.2, -0.15) is 0 Å². The fourth-order valence-electron chi connectivity index (χ4n) is 2.84. The summed E-state index contributed by atoms with van der Waals surface area (Å²) in [5.41, 5.74) is 0.694. The molecular weight excluding hydrogens is 338 g/mol. The molecule has 2 fully saturated rings. The number of nitrogens with zero attached hydrogens (tertiary/aromatic N) is 2. The molecule has 2 heterocycles. The molecule has 0 unspecified atom stereocenters. The number of ether oxygens (including phenoxy) is 2. The van der Waals surface area contributed by atoms with E-state index in [1.165, 1.54) is 0 Å². The van der Waals surface area contributed by atoms with Crippen molar-refractivity contribution in [2.45, 2.75) is 19.8 Å². The van der Waals surface area contributed by atoms with E-state index in [2.05, 4.69) is 17.0 Å². The zero-order valence-electron chi connectivity index (χ0n) is 14.8. The molecule has 0 atom stereocenters. The number of carbonyl (C=O) groups excluding carboxylic acids is 3. The van der Waals surface area contributed by atoms with Gasteiger partial charge in [-0.1, -0.05) is 13.3 Å². The van der Waals surface area contributed by atoms with Crippen molar-refractivity contribution in [2.75, 3.05) is 38.2 Å². The zero-order chi connectivity index (χ0) is 18.5. The van der Waals surface area contributed by atoms with Crippen molar-refractivity contribution in [1.29, 1.82) is 0 Å². The molecule has 26 heavy (non-hydrogen) atoms. The van der Waals surface area contributed by atoms with E-state index in [-0.39, 0.29) is 24.5 Å². The molecule has 0 aliphatic carbocycles. The van der Waals surface area contributed by atoms with Crippen LogP contribution in [-0.2, 0) is 9.53 Å². The molecule has 0 spiro atoms. The Morgan fingerprint density at radius 3 is 2.62 bits per heavy atom. The van der Waals surface area contributed by atoms with Gasteiger partial charge in [0.05, 0.1) is 6.61 Å². The van der Waals surface area contributed by atoms with Gasteiger partial charge in [0.1, 0.15) is 5.75 Å². The fourth-order valence-corrected chi connectivity index (χ4v) is 2.84. The summed E-state index contributed by atoms with van der Waals surface area (Å²) in [6, 6.07) is 7.06. The molecule has 140 valence electrons. The highest BCUT2D eigenvalue weighted by atomic mass is 16.6. The van der Waals surface area contributed by atoms with Crippen molar-refractivity contribution in [3.05, 3.63) is 24.3 Å². The molecule has 2 saturated heterocycles. The van der Waals surface area contributed by atoms with Crippen LogP contribution < -0.4 is 10.1 Å². The molecule has 8 nitrogen and oxygen atoms in total. The number of amides is 4. The van der Waals surface area contributed by atoms with Gasteiger partial charge in [-0.3, -0.25) is 4.79 Å². The van der Waals surface area contributed by atoms with Crippen LogP contribution in [0.1, 0.15) is 19.8 Å². The van der Waals surface area contributed by atoms with Crippen molar-refractivity contribution >= 4 is 23.7 Å². The van der Waals surface area contributed by atoms with E-state index in [1.54, 1.807) is 17.0 Å². The molecular formula is C18H23N3O5. The number of unbranched alkanes of at least 4 members (excludes halogenated alkanes) is 1. The van der Waals surface area contributed by atoms with E-state index in [0.29, 0.717) is 31.9 Å². The highest BCUT2D eigenvalue weighted by molar-refractivity contribution is 5.97. The maximum Gasteiger partial charge on any atom is 0.417 e. The summed E-state index contributed by atoms with van der Waals surface area (Å²) in [4.78, 5) is 37.9. The number of likely N-dealkylation sites (tertiary alicyclic amines) is 1. The summed E-state index contributed by atoms with van der Waals surface area (Å²) in [6.45, 7) is 3.91. The van der Waals surface area contributed by atoms with Crippen molar-refractivity contribution in [2.24, 2.45) is 5.92 Å². The van der Waals surface area contributed by atoms with Crippen LogP contribution in [0.3, 0.4) is 0 Å². The molecule has 4 amide bonds. The van der Waals surface area contributed by atoms with Crippen LogP contribution in [-0.4, -0.2) is 60.7 Å². The number of carbonyl (C=O) groups is 3. The van der Waals surface area contributed by atoms with Gasteiger partial charge in [-0.05, 0) is 30.7 Å². The van der Waals surface area contributed by atoms with Gasteiger partial charge >= 0.3 is 12.1 Å². The Balaban J connectivity index is 1.41. The second-order valence-corrected chi connectivity index (χ2v) is 6.49. The van der Waals surface area contributed by atoms with E-state index in [9.17, 15) is 14.4 Å². The van der Waals surface area contributed by atoms with Crippen LogP contribution in [0.15, 0.2) is 24.3 Å². The molecule has 0 bridgehead atoms. The van der Waals surface area contributed by atoms with E-state index in [0.717, 1.165) is 23.5 Å². The summed E-state index contributed by atoms with van der Waals surface area (Å²) >= 11 is 0. The maximum absolute atomic E-state index is 12.2. The number of imide groups is 1. The third-order valence-corrected chi connectivity index (χ3v) is 4.40. The van der Waals surface area contributed by atoms with Crippen LogP contribution in [0.25, 0.3) is 0 Å². The van der Waals surface area contributed by atoms with Crippen LogP contribution in [0, 0.1) is 5.92 Å². The molecule has 0 aromatic heterocycles. The predicted molar refractivity (Wildman–Crippen MR) is 94.0 cm³/mol. The first-order chi connectivity index (χ1) is 12.6. The number of hydrogen-bond acceptors (Lipinski definition) is 5. The minimum atomic E-state index is -0.598. The number of rotatable bonds is 7. The van der Waals surface area contributed by atoms with Gasteiger partial charge in [0, 0.05) is 31.2 Å². The van der Waals surface area contributed by atoms with Gasteiger partial charge in [-0.15, -0.1) is 0 Å². The average molecular weight is 361 g/mol. The lowest BCUT2D eigenvalue weighted by atomic mass is 10.0. The predicted octanol–water partition coefficient (Wildman–Crippen LogP) is 2.31. The monoisotopic (exact) mass is 361 g/mol. The maximum atomic E-state index is 12.2. The minimum Gasteiger partial charge on any atom is -0.494 e. The largest absolute Gasteiger partial charge is 0.494 e. The summed E-state index contributed by atoms with van der Waals surface area (Å²) in [5, 5.41) is 2.83. The second-order valence-electron chi connectivity index (χ2n) is 6.49. The SMILES string of the molecule is CCCCOc1ccc(NC(=O)N2CC(CN3C(=O)COC3=O)C2)cc1. The van der Waals surface area contributed by atoms with Crippen LogP contribution in [0.4, 0.5) is 15.3 Å². The summed E-state index contributed by atoms with van der Waals surface area (Å²) in [7, 11) is 0. The molecule has 0 radical (unpaired) electrons. The van der Waals surface area contributed by atoms with Crippen LogP contribution in [0.5, 0.6) is 5.75 Å². The Morgan fingerprint density at radius 2 is 2.00 bits per heavy atom. The molecule has 1 aromatic rings. The molecule has 2 aliphatic heterocycles. The van der Waals surface area contributed by atoms with E-state index in [1.807, 2.05) is 12.1 Å². The van der Waals surface area contributed by atoms with Crippen molar-refractivity contribution in [1.82, 2.24) is 9.80 Å². The number of hydrogen-bond donors (Lipinski definition) is 1. The fraction of sp³-hybridized carbons (Fsp3) is 0.500. The number of cyclic esters (lactones) is 1.